The molecule has 0 aromatic heterocycles. The maximum absolute atomic E-state index is 11.0. The van der Waals surface area contributed by atoms with E-state index in [1.54, 1.807) is 0 Å². The number of carboxylic acid groups (broad SMARTS) is 1. The van der Waals surface area contributed by atoms with E-state index in [9.17, 15) is 4.79 Å². The van der Waals surface area contributed by atoms with Crippen molar-refractivity contribution < 1.29 is 9.90 Å². The number of nitrogens with one attached hydrogen (secondary N) is 1. The summed E-state index contributed by atoms with van der Waals surface area (Å²) in [7, 11) is 0. The van der Waals surface area contributed by atoms with Gasteiger partial charge in [0, 0.05) is 12.6 Å². The molecular weight excluding hydrogens is 264 g/mol. The molecule has 1 aliphatic rings. The molecule has 0 atom stereocenters. The molecule has 0 radical (unpaired) electrons. The minimum atomic E-state index is -0.758. The van der Waals surface area contributed by atoms with Crippen LogP contribution in [-0.2, 0) is 17.8 Å². The van der Waals surface area contributed by atoms with Crippen LogP contribution in [0.1, 0.15) is 37.3 Å². The number of hydrogen-bond donors (Lipinski definition) is 2. The van der Waals surface area contributed by atoms with Gasteiger partial charge in [-0.25, -0.2) is 0 Å². The number of benzene rings is 1. The van der Waals surface area contributed by atoms with E-state index in [1.165, 1.54) is 12.8 Å². The van der Waals surface area contributed by atoms with E-state index in [-0.39, 0.29) is 6.42 Å². The third-order valence-corrected chi connectivity index (χ3v) is 4.17. The Hall–Kier alpha value is -1.39. The number of nitrogens with zero attached hydrogens (tertiary/aromatic N) is 1. The number of hydrogen-bond acceptors (Lipinski definition) is 3. The number of piperidine rings is 1. The predicted octanol–water partition coefficient (Wildman–Crippen LogP) is 2.28. The normalized spacial score (nSPS) is 16.3. The molecule has 116 valence electrons. The first-order valence-corrected chi connectivity index (χ1v) is 7.94. The quantitative estimate of drug-likeness (QED) is 0.809. The van der Waals surface area contributed by atoms with Crippen molar-refractivity contribution in [3.63, 3.8) is 0 Å². The highest BCUT2D eigenvalue weighted by Gasteiger charge is 2.21. The molecule has 4 nitrogen and oxygen atoms in total. The van der Waals surface area contributed by atoms with Crippen LogP contribution in [0, 0.1) is 0 Å². The Labute approximate surface area is 127 Å². The Balaban J connectivity index is 2.10. The van der Waals surface area contributed by atoms with E-state index in [2.05, 4.69) is 23.2 Å². The molecule has 0 unspecified atom stereocenters. The van der Waals surface area contributed by atoms with E-state index >= 15 is 0 Å². The number of carboxylic acids is 1. The molecule has 2 N–H and O–H groups in total. The second-order valence-corrected chi connectivity index (χ2v) is 5.79. The molecule has 0 saturated carbocycles. The average molecular weight is 290 g/mol. The Kier molecular flexibility index (Phi) is 6.21. The van der Waals surface area contributed by atoms with Crippen molar-refractivity contribution >= 4 is 5.97 Å². The summed E-state index contributed by atoms with van der Waals surface area (Å²) in [6.07, 6.45) is 3.61. The van der Waals surface area contributed by atoms with Gasteiger partial charge in [0.15, 0.2) is 0 Å². The number of aliphatic carboxylic acids is 1. The summed E-state index contributed by atoms with van der Waals surface area (Å²) in [5, 5.41) is 12.5. The van der Waals surface area contributed by atoms with Gasteiger partial charge in [-0.05, 0) is 50.0 Å². The largest absolute Gasteiger partial charge is 0.481 e. The summed E-state index contributed by atoms with van der Waals surface area (Å²) in [4.78, 5) is 13.5. The summed E-state index contributed by atoms with van der Waals surface area (Å²) in [6, 6.07) is 8.56. The molecule has 21 heavy (non-hydrogen) atoms. The Bertz CT molecular complexity index is 456. The van der Waals surface area contributed by atoms with Crippen molar-refractivity contribution in [2.45, 2.75) is 45.2 Å². The maximum Gasteiger partial charge on any atom is 0.307 e. The topological polar surface area (TPSA) is 52.6 Å². The smallest absolute Gasteiger partial charge is 0.307 e. The lowest BCUT2D eigenvalue weighted by Gasteiger charge is -2.35. The van der Waals surface area contributed by atoms with E-state index in [0.29, 0.717) is 6.04 Å². The molecule has 1 aromatic carbocycles. The van der Waals surface area contributed by atoms with E-state index in [1.807, 2.05) is 18.2 Å². The van der Waals surface area contributed by atoms with Gasteiger partial charge in [0.2, 0.25) is 0 Å². The van der Waals surface area contributed by atoms with Gasteiger partial charge in [0.25, 0.3) is 0 Å². The van der Waals surface area contributed by atoms with Crippen molar-refractivity contribution in [2.24, 2.45) is 0 Å². The lowest BCUT2D eigenvalue weighted by Crippen LogP contribution is -2.43. The minimum Gasteiger partial charge on any atom is -0.481 e. The Morgan fingerprint density at radius 3 is 2.57 bits per heavy atom. The van der Waals surface area contributed by atoms with E-state index < -0.39 is 5.97 Å². The molecule has 0 spiro atoms. The fourth-order valence-electron chi connectivity index (χ4n) is 3.12. The summed E-state index contributed by atoms with van der Waals surface area (Å²) in [5.74, 6) is -0.758. The zero-order valence-electron chi connectivity index (χ0n) is 12.8. The van der Waals surface area contributed by atoms with Gasteiger partial charge in [0.1, 0.15) is 0 Å². The predicted molar refractivity (Wildman–Crippen MR) is 84.4 cm³/mol. The summed E-state index contributed by atoms with van der Waals surface area (Å²) >= 11 is 0. The molecule has 1 fully saturated rings. The van der Waals surface area contributed by atoms with Crippen molar-refractivity contribution in [3.05, 3.63) is 35.4 Å². The van der Waals surface area contributed by atoms with Crippen molar-refractivity contribution in [3.8, 4) is 0 Å². The van der Waals surface area contributed by atoms with Crippen LogP contribution in [0.2, 0.25) is 0 Å². The monoisotopic (exact) mass is 290 g/mol. The fourth-order valence-corrected chi connectivity index (χ4v) is 3.12. The van der Waals surface area contributed by atoms with Gasteiger partial charge >= 0.3 is 5.97 Å². The molecule has 2 rings (SSSR count). The van der Waals surface area contributed by atoms with Gasteiger partial charge < -0.3 is 10.4 Å². The molecule has 4 heteroatoms. The minimum absolute atomic E-state index is 0.113. The van der Waals surface area contributed by atoms with E-state index in [4.69, 9.17) is 5.11 Å². The first kappa shape index (κ1) is 16.0. The Morgan fingerprint density at radius 2 is 1.95 bits per heavy atom. The zero-order chi connectivity index (χ0) is 15.1. The van der Waals surface area contributed by atoms with Crippen molar-refractivity contribution in [1.82, 2.24) is 10.2 Å². The Morgan fingerprint density at radius 1 is 1.29 bits per heavy atom. The third kappa shape index (κ3) is 4.83. The number of carbonyl (C=O) groups is 1. The molecule has 0 aliphatic carbocycles. The molecule has 1 saturated heterocycles. The zero-order valence-corrected chi connectivity index (χ0v) is 12.8. The standard InChI is InChI=1S/C17H26N2O2/c1-2-11-19(16-7-9-18-10-8-16)13-15-6-4-3-5-14(15)12-17(20)21/h3-6,16,18H,2,7-13H2,1H3,(H,20,21). The second kappa shape index (κ2) is 8.15. The van der Waals surface area contributed by atoms with Crippen LogP contribution >= 0.6 is 0 Å². The molecule has 0 bridgehead atoms. The molecule has 1 aliphatic heterocycles. The van der Waals surface area contributed by atoms with Gasteiger partial charge in [-0.3, -0.25) is 9.69 Å². The first-order valence-electron chi connectivity index (χ1n) is 7.94. The highest BCUT2D eigenvalue weighted by Crippen LogP contribution is 2.19. The van der Waals surface area contributed by atoms with Crippen LogP contribution in [0.25, 0.3) is 0 Å². The van der Waals surface area contributed by atoms with Crippen LogP contribution in [0.5, 0.6) is 0 Å². The summed E-state index contributed by atoms with van der Waals surface area (Å²) < 4.78 is 0. The van der Waals surface area contributed by atoms with Crippen LogP contribution in [-0.4, -0.2) is 41.7 Å². The van der Waals surface area contributed by atoms with Crippen LogP contribution in [0.4, 0.5) is 0 Å². The number of rotatable bonds is 7. The van der Waals surface area contributed by atoms with Gasteiger partial charge in [-0.15, -0.1) is 0 Å². The molecular formula is C17H26N2O2. The lowest BCUT2D eigenvalue weighted by molar-refractivity contribution is -0.136. The van der Waals surface area contributed by atoms with Crippen LogP contribution in [0.3, 0.4) is 0 Å². The summed E-state index contributed by atoms with van der Waals surface area (Å²) in [5.41, 5.74) is 2.10. The van der Waals surface area contributed by atoms with Crippen molar-refractivity contribution in [1.29, 1.82) is 0 Å². The molecule has 1 heterocycles. The third-order valence-electron chi connectivity index (χ3n) is 4.17. The second-order valence-electron chi connectivity index (χ2n) is 5.79. The maximum atomic E-state index is 11.0. The molecule has 1 aromatic rings. The van der Waals surface area contributed by atoms with Crippen LogP contribution in [0.15, 0.2) is 24.3 Å². The van der Waals surface area contributed by atoms with Gasteiger partial charge in [-0.2, -0.15) is 0 Å². The SMILES string of the molecule is CCCN(Cc1ccccc1CC(=O)O)C1CCNCC1. The average Bonchev–Trinajstić information content (AvgIpc) is 2.49. The highest BCUT2D eigenvalue weighted by molar-refractivity contribution is 5.70. The van der Waals surface area contributed by atoms with E-state index in [0.717, 1.165) is 43.7 Å². The van der Waals surface area contributed by atoms with Crippen LogP contribution < -0.4 is 5.32 Å². The first-order chi connectivity index (χ1) is 10.2. The highest BCUT2D eigenvalue weighted by atomic mass is 16.4. The summed E-state index contributed by atoms with van der Waals surface area (Å²) in [6.45, 7) is 6.31. The lowest BCUT2D eigenvalue weighted by atomic mass is 10.0. The van der Waals surface area contributed by atoms with Gasteiger partial charge in [-0.1, -0.05) is 31.2 Å². The molecule has 0 amide bonds. The fraction of sp³-hybridized carbons (Fsp3) is 0.588. The van der Waals surface area contributed by atoms with Crippen molar-refractivity contribution in [2.75, 3.05) is 19.6 Å². The van der Waals surface area contributed by atoms with Gasteiger partial charge in [0.05, 0.1) is 6.42 Å².